The summed E-state index contributed by atoms with van der Waals surface area (Å²) in [5.41, 5.74) is 6.13. The molecule has 4 heteroatoms. The highest BCUT2D eigenvalue weighted by Crippen LogP contribution is 2.36. The average Bonchev–Trinajstić information content (AvgIpc) is 2.93. The first-order chi connectivity index (χ1) is 17.2. The molecule has 0 fully saturated rings. The van der Waals surface area contributed by atoms with Crippen molar-refractivity contribution in [3.8, 4) is 11.1 Å². The summed E-state index contributed by atoms with van der Waals surface area (Å²) in [5.74, 6) is -1.01. The number of ether oxygens (including phenoxy) is 1. The second kappa shape index (κ2) is 9.98. The maximum Gasteiger partial charge on any atom is 0.328 e. The van der Waals surface area contributed by atoms with E-state index in [0.717, 1.165) is 33.4 Å². The molecule has 4 nitrogen and oxygen atoms in total. The van der Waals surface area contributed by atoms with E-state index in [4.69, 9.17) is 4.74 Å². The van der Waals surface area contributed by atoms with Crippen LogP contribution < -0.4 is 0 Å². The third kappa shape index (κ3) is 4.47. The number of carbonyl (C=O) groups excluding carboxylic acids is 2. The zero-order chi connectivity index (χ0) is 24.2. The maximum absolute atomic E-state index is 14.2. The van der Waals surface area contributed by atoms with E-state index in [2.05, 4.69) is 24.3 Å². The molecule has 35 heavy (non-hydrogen) atoms. The highest BCUT2D eigenvalue weighted by molar-refractivity contribution is 5.92. The monoisotopic (exact) mass is 461 g/mol. The molecular formula is C31H27NO3. The van der Waals surface area contributed by atoms with E-state index in [1.165, 1.54) is 7.11 Å². The molecule has 1 aliphatic rings. The summed E-state index contributed by atoms with van der Waals surface area (Å²) in [7, 11) is 1.38. The van der Waals surface area contributed by atoms with Gasteiger partial charge in [0.05, 0.1) is 13.0 Å². The van der Waals surface area contributed by atoms with Gasteiger partial charge in [0, 0.05) is 13.0 Å². The second-order valence-corrected chi connectivity index (χ2v) is 8.77. The topological polar surface area (TPSA) is 46.6 Å². The SMILES string of the molecule is COC(=O)C1Cc2c(cccc2-c2ccccc2)CN1C(=O)C(c1ccccc1)c1ccccc1. The van der Waals surface area contributed by atoms with Crippen LogP contribution in [0.3, 0.4) is 0 Å². The minimum absolute atomic E-state index is 0.103. The van der Waals surface area contributed by atoms with Gasteiger partial charge in [-0.2, -0.15) is 0 Å². The fourth-order valence-electron chi connectivity index (χ4n) is 5.02. The smallest absolute Gasteiger partial charge is 0.328 e. The molecule has 1 atom stereocenters. The number of methoxy groups -OCH3 is 1. The van der Waals surface area contributed by atoms with Gasteiger partial charge in [0.2, 0.25) is 5.91 Å². The van der Waals surface area contributed by atoms with Crippen molar-refractivity contribution in [1.82, 2.24) is 4.90 Å². The van der Waals surface area contributed by atoms with Gasteiger partial charge in [-0.05, 0) is 33.4 Å². The van der Waals surface area contributed by atoms with E-state index in [-0.39, 0.29) is 5.91 Å². The Labute approximate surface area is 205 Å². The molecule has 4 aromatic rings. The van der Waals surface area contributed by atoms with Crippen LogP contribution in [-0.4, -0.2) is 29.9 Å². The molecule has 5 rings (SSSR count). The lowest BCUT2D eigenvalue weighted by molar-refractivity contribution is -0.154. The first kappa shape index (κ1) is 22.6. The lowest BCUT2D eigenvalue weighted by Crippen LogP contribution is -2.50. The molecule has 0 saturated heterocycles. The van der Waals surface area contributed by atoms with Crippen molar-refractivity contribution in [2.75, 3.05) is 7.11 Å². The zero-order valence-electron chi connectivity index (χ0n) is 19.6. The predicted octanol–water partition coefficient (Wildman–Crippen LogP) is 5.61. The van der Waals surface area contributed by atoms with Crippen LogP contribution in [0.25, 0.3) is 11.1 Å². The number of hydrogen-bond donors (Lipinski definition) is 0. The van der Waals surface area contributed by atoms with Crippen LogP contribution in [0, 0.1) is 0 Å². The third-order valence-electron chi connectivity index (χ3n) is 6.74. The van der Waals surface area contributed by atoms with Crippen LogP contribution in [0.4, 0.5) is 0 Å². The predicted molar refractivity (Wildman–Crippen MR) is 137 cm³/mol. The molecule has 1 heterocycles. The van der Waals surface area contributed by atoms with Gasteiger partial charge in [0.15, 0.2) is 0 Å². The molecule has 0 spiro atoms. The lowest BCUT2D eigenvalue weighted by atomic mass is 9.84. The summed E-state index contributed by atoms with van der Waals surface area (Å²) in [6.07, 6.45) is 0.412. The van der Waals surface area contributed by atoms with Crippen molar-refractivity contribution in [3.05, 3.63) is 131 Å². The first-order valence-corrected chi connectivity index (χ1v) is 11.8. The summed E-state index contributed by atoms with van der Waals surface area (Å²) < 4.78 is 5.19. The Hall–Kier alpha value is -4.18. The van der Waals surface area contributed by atoms with Crippen molar-refractivity contribution in [2.45, 2.75) is 24.9 Å². The van der Waals surface area contributed by atoms with Crippen molar-refractivity contribution < 1.29 is 14.3 Å². The van der Waals surface area contributed by atoms with Crippen LogP contribution >= 0.6 is 0 Å². The Morgan fingerprint density at radius 1 is 0.771 bits per heavy atom. The van der Waals surface area contributed by atoms with Gasteiger partial charge in [-0.1, -0.05) is 109 Å². The molecule has 174 valence electrons. The van der Waals surface area contributed by atoms with Gasteiger partial charge in [-0.3, -0.25) is 4.79 Å². The van der Waals surface area contributed by atoms with Gasteiger partial charge < -0.3 is 9.64 Å². The number of rotatable bonds is 5. The molecule has 0 N–H and O–H groups in total. The molecule has 0 aliphatic carbocycles. The second-order valence-electron chi connectivity index (χ2n) is 8.77. The van der Waals surface area contributed by atoms with Crippen molar-refractivity contribution in [1.29, 1.82) is 0 Å². The Morgan fingerprint density at radius 2 is 1.34 bits per heavy atom. The molecule has 1 aliphatic heterocycles. The Kier molecular flexibility index (Phi) is 6.44. The van der Waals surface area contributed by atoms with E-state index >= 15 is 0 Å². The highest BCUT2D eigenvalue weighted by Gasteiger charge is 2.39. The zero-order valence-corrected chi connectivity index (χ0v) is 19.6. The Bertz CT molecular complexity index is 1280. The van der Waals surface area contributed by atoms with E-state index < -0.39 is 17.9 Å². The summed E-state index contributed by atoms with van der Waals surface area (Å²) in [6.45, 7) is 0.352. The number of amides is 1. The normalized spacial score (nSPS) is 14.9. The lowest BCUT2D eigenvalue weighted by Gasteiger charge is -2.38. The number of carbonyl (C=O) groups is 2. The molecule has 1 amide bonds. The third-order valence-corrected chi connectivity index (χ3v) is 6.74. The highest BCUT2D eigenvalue weighted by atomic mass is 16.5. The Balaban J connectivity index is 1.58. The summed E-state index contributed by atoms with van der Waals surface area (Å²) in [4.78, 5) is 28.9. The standard InChI is InChI=1S/C31H27NO3/c1-35-31(34)28-20-27-25(18-11-19-26(27)22-12-5-2-6-13-22)21-32(28)30(33)29(23-14-7-3-8-15-23)24-16-9-4-10-17-24/h2-19,28-29H,20-21H2,1H3. The van der Waals surface area contributed by atoms with Gasteiger partial charge in [0.1, 0.15) is 6.04 Å². The fourth-order valence-corrected chi connectivity index (χ4v) is 5.02. The number of hydrogen-bond acceptors (Lipinski definition) is 3. The minimum atomic E-state index is -0.695. The number of nitrogens with zero attached hydrogens (tertiary/aromatic N) is 1. The largest absolute Gasteiger partial charge is 0.467 e. The van der Waals surface area contributed by atoms with Crippen LogP contribution in [0.1, 0.15) is 28.2 Å². The molecular weight excluding hydrogens is 434 g/mol. The van der Waals surface area contributed by atoms with Crippen LogP contribution in [0.2, 0.25) is 0 Å². The number of benzene rings is 4. The van der Waals surface area contributed by atoms with Gasteiger partial charge >= 0.3 is 5.97 Å². The van der Waals surface area contributed by atoms with Crippen LogP contribution in [-0.2, 0) is 27.3 Å². The van der Waals surface area contributed by atoms with Gasteiger partial charge in [0.25, 0.3) is 0 Å². The molecule has 0 radical (unpaired) electrons. The molecule has 0 bridgehead atoms. The summed E-state index contributed by atoms with van der Waals surface area (Å²) in [5, 5.41) is 0. The first-order valence-electron chi connectivity index (χ1n) is 11.8. The van der Waals surface area contributed by atoms with Gasteiger partial charge in [-0.15, -0.1) is 0 Å². The number of fused-ring (bicyclic) bond motifs is 1. The molecule has 0 aromatic heterocycles. The fraction of sp³-hybridized carbons (Fsp3) is 0.161. The Morgan fingerprint density at radius 3 is 1.91 bits per heavy atom. The molecule has 1 unspecified atom stereocenters. The van der Waals surface area contributed by atoms with E-state index in [0.29, 0.717) is 13.0 Å². The average molecular weight is 462 g/mol. The van der Waals surface area contributed by atoms with Crippen LogP contribution in [0.5, 0.6) is 0 Å². The number of esters is 1. The van der Waals surface area contributed by atoms with Crippen LogP contribution in [0.15, 0.2) is 109 Å². The van der Waals surface area contributed by atoms with Gasteiger partial charge in [-0.25, -0.2) is 4.79 Å². The van der Waals surface area contributed by atoms with E-state index in [1.54, 1.807) is 4.90 Å². The van der Waals surface area contributed by atoms with Crippen molar-refractivity contribution in [3.63, 3.8) is 0 Å². The summed E-state index contributed by atoms with van der Waals surface area (Å²) >= 11 is 0. The quantitative estimate of drug-likeness (QED) is 0.363. The molecule has 4 aromatic carbocycles. The van der Waals surface area contributed by atoms with E-state index in [9.17, 15) is 9.59 Å². The summed E-state index contributed by atoms with van der Waals surface area (Å²) in [6, 6.07) is 35.1. The van der Waals surface area contributed by atoms with E-state index in [1.807, 2.05) is 84.9 Å². The van der Waals surface area contributed by atoms with Crippen molar-refractivity contribution >= 4 is 11.9 Å². The molecule has 0 saturated carbocycles. The maximum atomic E-state index is 14.2. The minimum Gasteiger partial charge on any atom is -0.467 e. The van der Waals surface area contributed by atoms with Crippen molar-refractivity contribution in [2.24, 2.45) is 0 Å².